The van der Waals surface area contributed by atoms with Crippen LogP contribution in [-0.2, 0) is 0 Å². The Morgan fingerprint density at radius 1 is 0.939 bits per heavy atom. The molecule has 0 bridgehead atoms. The number of hydrogen-bond acceptors (Lipinski definition) is 4. The molecule has 33 heavy (non-hydrogen) atoms. The van der Waals surface area contributed by atoms with E-state index in [1.165, 1.54) is 4.70 Å². The first-order chi connectivity index (χ1) is 16.2. The highest BCUT2D eigenvalue weighted by atomic mass is 32.1. The predicted molar refractivity (Wildman–Crippen MR) is 133 cm³/mol. The molecule has 6 nitrogen and oxygen atoms in total. The van der Waals surface area contributed by atoms with Crippen LogP contribution in [0.15, 0.2) is 58.7 Å². The molecule has 1 N–H and O–H groups in total. The Hall–Kier alpha value is -2.90. The van der Waals surface area contributed by atoms with Gasteiger partial charge >= 0.3 is 5.69 Å². The van der Waals surface area contributed by atoms with Crippen LogP contribution in [0.25, 0.3) is 21.1 Å². The minimum atomic E-state index is -0.0199. The second kappa shape index (κ2) is 8.47. The molecule has 2 aromatic heterocycles. The van der Waals surface area contributed by atoms with E-state index in [1.807, 2.05) is 46.3 Å². The van der Waals surface area contributed by atoms with E-state index in [4.69, 9.17) is 0 Å². The van der Waals surface area contributed by atoms with Crippen molar-refractivity contribution < 1.29 is 4.79 Å². The van der Waals surface area contributed by atoms with Gasteiger partial charge in [-0.2, -0.15) is 0 Å². The second-order valence-corrected chi connectivity index (χ2v) is 10.1. The monoisotopic (exact) mass is 460 g/mol. The van der Waals surface area contributed by atoms with E-state index < -0.39 is 0 Å². The van der Waals surface area contributed by atoms with Crippen molar-refractivity contribution in [3.63, 3.8) is 0 Å². The van der Waals surface area contributed by atoms with Crippen molar-refractivity contribution in [3.05, 3.63) is 70.0 Å². The fourth-order valence-electron chi connectivity index (χ4n) is 5.71. The normalized spacial score (nSPS) is 20.6. The molecule has 0 aliphatic carbocycles. The van der Waals surface area contributed by atoms with Gasteiger partial charge in [-0.3, -0.25) is 14.3 Å². The number of nitrogens with one attached hydrogen (secondary N) is 1. The van der Waals surface area contributed by atoms with Crippen molar-refractivity contribution in [2.75, 3.05) is 19.6 Å². The minimum absolute atomic E-state index is 0.0199. The average molecular weight is 461 g/mol. The van der Waals surface area contributed by atoms with Gasteiger partial charge in [0, 0.05) is 41.1 Å². The van der Waals surface area contributed by atoms with Gasteiger partial charge in [0.2, 0.25) is 0 Å². The number of likely N-dealkylation sites (tertiary alicyclic amines) is 2. The molecule has 2 saturated heterocycles. The van der Waals surface area contributed by atoms with E-state index in [0.717, 1.165) is 73.7 Å². The first-order valence-corrected chi connectivity index (χ1v) is 12.8. The highest BCUT2D eigenvalue weighted by Crippen LogP contribution is 2.32. The lowest BCUT2D eigenvalue weighted by atomic mass is 9.99. The number of aromatic amines is 1. The summed E-state index contributed by atoms with van der Waals surface area (Å²) in [6.45, 7) is 2.61. The highest BCUT2D eigenvalue weighted by Gasteiger charge is 2.35. The lowest BCUT2D eigenvalue weighted by molar-refractivity contribution is 0.00135. The number of amides is 1. The number of para-hydroxylation sites is 2. The zero-order valence-corrected chi connectivity index (χ0v) is 19.4. The SMILES string of the molecule is O=C(c1csc2ccccc12)N1CCCCC1N1CCC(n2c(=O)[nH]c3ccccc32)CC1. The fourth-order valence-corrected chi connectivity index (χ4v) is 6.64. The molecule has 170 valence electrons. The van der Waals surface area contributed by atoms with Crippen LogP contribution in [0.5, 0.6) is 0 Å². The molecular weight excluding hydrogens is 432 g/mol. The first kappa shape index (κ1) is 20.7. The van der Waals surface area contributed by atoms with Crippen molar-refractivity contribution in [1.29, 1.82) is 0 Å². The van der Waals surface area contributed by atoms with Gasteiger partial charge < -0.3 is 9.88 Å². The van der Waals surface area contributed by atoms with Crippen molar-refractivity contribution in [1.82, 2.24) is 19.4 Å². The highest BCUT2D eigenvalue weighted by molar-refractivity contribution is 7.17. The fraction of sp³-hybridized carbons (Fsp3) is 0.385. The van der Waals surface area contributed by atoms with Gasteiger partial charge in [0.25, 0.3) is 5.91 Å². The quantitative estimate of drug-likeness (QED) is 0.476. The number of imidazole rings is 1. The Labute approximate surface area is 196 Å². The number of benzene rings is 2. The average Bonchev–Trinajstić information content (AvgIpc) is 3.44. The summed E-state index contributed by atoms with van der Waals surface area (Å²) in [5.41, 5.74) is 2.70. The summed E-state index contributed by atoms with van der Waals surface area (Å²) in [5.74, 6) is 0.159. The summed E-state index contributed by atoms with van der Waals surface area (Å²) in [6, 6.07) is 16.3. The third-order valence-electron chi connectivity index (χ3n) is 7.35. The molecule has 0 saturated carbocycles. The molecule has 2 aliphatic heterocycles. The summed E-state index contributed by atoms with van der Waals surface area (Å²) in [5, 5.41) is 3.09. The van der Waals surface area contributed by atoms with Gasteiger partial charge in [0.15, 0.2) is 0 Å². The topological polar surface area (TPSA) is 61.3 Å². The van der Waals surface area contributed by atoms with Crippen LogP contribution in [0.3, 0.4) is 0 Å². The Morgan fingerprint density at radius 2 is 1.73 bits per heavy atom. The Morgan fingerprint density at radius 3 is 2.61 bits per heavy atom. The number of hydrogen-bond donors (Lipinski definition) is 1. The zero-order valence-electron chi connectivity index (χ0n) is 18.6. The van der Waals surface area contributed by atoms with Gasteiger partial charge in [-0.05, 0) is 50.3 Å². The summed E-state index contributed by atoms with van der Waals surface area (Å²) in [6.07, 6.45) is 5.21. The molecule has 2 aliphatic rings. The number of piperidine rings is 2. The van der Waals surface area contributed by atoms with Gasteiger partial charge in [-0.1, -0.05) is 30.3 Å². The second-order valence-electron chi connectivity index (χ2n) is 9.20. The molecule has 0 radical (unpaired) electrons. The molecule has 0 spiro atoms. The zero-order chi connectivity index (χ0) is 22.4. The van der Waals surface area contributed by atoms with Crippen LogP contribution in [0.1, 0.15) is 48.5 Å². The van der Waals surface area contributed by atoms with Crippen molar-refractivity contribution in [2.45, 2.75) is 44.3 Å². The van der Waals surface area contributed by atoms with Gasteiger partial charge in [0.05, 0.1) is 22.8 Å². The molecule has 2 aromatic carbocycles. The van der Waals surface area contributed by atoms with Crippen LogP contribution in [0.2, 0.25) is 0 Å². The number of carbonyl (C=O) groups excluding carboxylic acids is 1. The molecule has 6 rings (SSSR count). The first-order valence-electron chi connectivity index (χ1n) is 11.9. The molecule has 1 unspecified atom stereocenters. The lowest BCUT2D eigenvalue weighted by Gasteiger charge is -2.45. The van der Waals surface area contributed by atoms with E-state index in [-0.39, 0.29) is 23.8 Å². The van der Waals surface area contributed by atoms with E-state index in [2.05, 4.69) is 26.9 Å². The van der Waals surface area contributed by atoms with Crippen LogP contribution < -0.4 is 5.69 Å². The molecule has 7 heteroatoms. The molecule has 4 heterocycles. The van der Waals surface area contributed by atoms with Crippen LogP contribution in [0.4, 0.5) is 0 Å². The van der Waals surface area contributed by atoms with E-state index in [1.54, 1.807) is 11.3 Å². The number of fused-ring (bicyclic) bond motifs is 2. The maximum absolute atomic E-state index is 13.6. The Kier molecular flexibility index (Phi) is 5.31. The van der Waals surface area contributed by atoms with Crippen LogP contribution in [0, 0.1) is 0 Å². The summed E-state index contributed by atoms with van der Waals surface area (Å²) >= 11 is 1.65. The smallest absolute Gasteiger partial charge is 0.323 e. The minimum Gasteiger partial charge on any atom is -0.323 e. The molecule has 4 aromatic rings. The Bertz CT molecular complexity index is 1360. The number of H-pyrrole nitrogens is 1. The summed E-state index contributed by atoms with van der Waals surface area (Å²) in [4.78, 5) is 33.8. The summed E-state index contributed by atoms with van der Waals surface area (Å²) in [7, 11) is 0. The van der Waals surface area contributed by atoms with Crippen LogP contribution in [-0.4, -0.2) is 51.1 Å². The molecular formula is C26H28N4O2S. The maximum atomic E-state index is 13.6. The number of aromatic nitrogens is 2. The van der Waals surface area contributed by atoms with Gasteiger partial charge in [-0.25, -0.2) is 4.79 Å². The van der Waals surface area contributed by atoms with Crippen molar-refractivity contribution in [2.24, 2.45) is 0 Å². The molecule has 1 atom stereocenters. The third-order valence-corrected chi connectivity index (χ3v) is 8.32. The molecule has 2 fully saturated rings. The van der Waals surface area contributed by atoms with Crippen molar-refractivity contribution in [3.8, 4) is 0 Å². The summed E-state index contributed by atoms with van der Waals surface area (Å²) < 4.78 is 3.10. The standard InChI is InChI=1S/C26H28N4O2S/c31-25(20-17-33-23-10-4-1-7-19(20)23)29-14-6-5-11-24(29)28-15-12-18(13-16-28)30-22-9-3-2-8-21(22)27-26(30)32/h1-4,7-10,17-18,24H,5-6,11-16H2,(H,27,32). The maximum Gasteiger partial charge on any atom is 0.326 e. The predicted octanol–water partition coefficient (Wildman–Crippen LogP) is 4.83. The van der Waals surface area contributed by atoms with E-state index >= 15 is 0 Å². The largest absolute Gasteiger partial charge is 0.326 e. The van der Waals surface area contributed by atoms with Gasteiger partial charge in [0.1, 0.15) is 0 Å². The number of carbonyl (C=O) groups is 1. The van der Waals surface area contributed by atoms with Gasteiger partial charge in [-0.15, -0.1) is 11.3 Å². The lowest BCUT2D eigenvalue weighted by Crippen LogP contribution is -2.55. The van der Waals surface area contributed by atoms with Crippen LogP contribution >= 0.6 is 11.3 Å². The Balaban J connectivity index is 1.21. The van der Waals surface area contributed by atoms with E-state index in [0.29, 0.717) is 0 Å². The number of rotatable bonds is 3. The van der Waals surface area contributed by atoms with Crippen molar-refractivity contribution >= 4 is 38.4 Å². The number of thiophene rings is 1. The molecule has 1 amide bonds. The van der Waals surface area contributed by atoms with E-state index in [9.17, 15) is 9.59 Å². The number of nitrogens with zero attached hydrogens (tertiary/aromatic N) is 3. The third kappa shape index (κ3) is 3.60.